The predicted octanol–water partition coefficient (Wildman–Crippen LogP) is 3.76. The van der Waals surface area contributed by atoms with E-state index in [4.69, 9.17) is 5.73 Å². The van der Waals surface area contributed by atoms with Crippen LogP contribution in [0.15, 0.2) is 47.3 Å². The molecular formula is C18H20N4S2. The summed E-state index contributed by atoms with van der Waals surface area (Å²) in [5, 5.41) is 4.94. The standard InChI is InChI=1S/C18H20N4S2/c19-17-21-16(13-23-17)18(15-4-2-1-3-5-15)6-8-22(9-7-18)11-14-10-20-24-12-14/h1-5,10,12-13H,6-9,11H2,(H2,19,21). The zero-order valence-corrected chi connectivity index (χ0v) is 15.0. The Morgan fingerprint density at radius 1 is 1.12 bits per heavy atom. The maximum Gasteiger partial charge on any atom is 0.180 e. The van der Waals surface area contributed by atoms with E-state index in [-0.39, 0.29) is 5.41 Å². The van der Waals surface area contributed by atoms with Crippen molar-refractivity contribution in [3.63, 3.8) is 0 Å². The summed E-state index contributed by atoms with van der Waals surface area (Å²) in [5.41, 5.74) is 9.71. The Bertz CT molecular complexity index is 774. The molecule has 4 nitrogen and oxygen atoms in total. The highest BCUT2D eigenvalue weighted by molar-refractivity contribution is 7.13. The molecule has 0 amide bonds. The van der Waals surface area contributed by atoms with Crippen molar-refractivity contribution in [2.75, 3.05) is 18.8 Å². The number of nitrogen functional groups attached to an aromatic ring is 1. The second-order valence-electron chi connectivity index (χ2n) is 6.33. The molecule has 0 bridgehead atoms. The number of thiazole rings is 1. The minimum Gasteiger partial charge on any atom is -0.375 e. The van der Waals surface area contributed by atoms with Gasteiger partial charge in [0.05, 0.1) is 5.69 Å². The van der Waals surface area contributed by atoms with E-state index in [1.807, 2.05) is 6.20 Å². The number of hydrogen-bond donors (Lipinski definition) is 1. The van der Waals surface area contributed by atoms with Gasteiger partial charge in [0.1, 0.15) is 0 Å². The van der Waals surface area contributed by atoms with Crippen molar-refractivity contribution in [1.29, 1.82) is 0 Å². The fourth-order valence-electron chi connectivity index (χ4n) is 3.61. The molecule has 0 unspecified atom stereocenters. The molecule has 124 valence electrons. The number of anilines is 1. The highest BCUT2D eigenvalue weighted by Crippen LogP contribution is 2.42. The number of likely N-dealkylation sites (tertiary alicyclic amines) is 1. The Hall–Kier alpha value is -1.76. The van der Waals surface area contributed by atoms with Gasteiger partial charge in [-0.15, -0.1) is 11.3 Å². The Balaban J connectivity index is 1.59. The van der Waals surface area contributed by atoms with E-state index in [0.29, 0.717) is 5.13 Å². The van der Waals surface area contributed by atoms with Gasteiger partial charge in [-0.1, -0.05) is 30.3 Å². The average Bonchev–Trinajstić information content (AvgIpc) is 3.29. The van der Waals surface area contributed by atoms with Gasteiger partial charge < -0.3 is 5.73 Å². The zero-order chi connectivity index (χ0) is 16.4. The lowest BCUT2D eigenvalue weighted by molar-refractivity contribution is 0.170. The lowest BCUT2D eigenvalue weighted by Crippen LogP contribution is -2.43. The summed E-state index contributed by atoms with van der Waals surface area (Å²) < 4.78 is 4.21. The lowest BCUT2D eigenvalue weighted by atomic mass is 9.70. The van der Waals surface area contributed by atoms with Crippen molar-refractivity contribution in [3.05, 3.63) is 64.1 Å². The molecule has 0 radical (unpaired) electrons. The quantitative estimate of drug-likeness (QED) is 0.773. The number of nitrogens with zero attached hydrogens (tertiary/aromatic N) is 3. The van der Waals surface area contributed by atoms with E-state index in [0.717, 1.165) is 38.2 Å². The summed E-state index contributed by atoms with van der Waals surface area (Å²) in [6.45, 7) is 3.10. The van der Waals surface area contributed by atoms with Gasteiger partial charge >= 0.3 is 0 Å². The SMILES string of the molecule is Nc1nc(C2(c3ccccc3)CCN(Cc3cnsc3)CC2)cs1. The minimum absolute atomic E-state index is 0.0151. The Kier molecular flexibility index (Phi) is 4.35. The fourth-order valence-corrected chi connectivity index (χ4v) is 4.80. The largest absolute Gasteiger partial charge is 0.375 e. The van der Waals surface area contributed by atoms with Crippen LogP contribution in [0.3, 0.4) is 0 Å². The van der Waals surface area contributed by atoms with Crippen LogP contribution in [0.1, 0.15) is 29.7 Å². The zero-order valence-electron chi connectivity index (χ0n) is 13.4. The summed E-state index contributed by atoms with van der Waals surface area (Å²) >= 11 is 3.07. The molecular weight excluding hydrogens is 336 g/mol. The first-order valence-electron chi connectivity index (χ1n) is 8.14. The molecule has 1 aromatic carbocycles. The summed E-state index contributed by atoms with van der Waals surface area (Å²) in [5.74, 6) is 0. The highest BCUT2D eigenvalue weighted by Gasteiger charge is 2.39. The predicted molar refractivity (Wildman–Crippen MR) is 100 cm³/mol. The molecule has 0 aliphatic carbocycles. The van der Waals surface area contributed by atoms with Crippen LogP contribution in [-0.2, 0) is 12.0 Å². The van der Waals surface area contributed by atoms with Crippen LogP contribution in [0.25, 0.3) is 0 Å². The molecule has 0 saturated carbocycles. The monoisotopic (exact) mass is 356 g/mol. The van der Waals surface area contributed by atoms with Gasteiger partial charge in [-0.05, 0) is 48.6 Å². The van der Waals surface area contributed by atoms with Crippen LogP contribution in [0, 0.1) is 0 Å². The number of nitrogens with two attached hydrogens (primary N) is 1. The van der Waals surface area contributed by atoms with E-state index in [1.165, 1.54) is 22.7 Å². The molecule has 0 spiro atoms. The number of rotatable bonds is 4. The van der Waals surface area contributed by atoms with E-state index >= 15 is 0 Å². The molecule has 1 aliphatic rings. The van der Waals surface area contributed by atoms with Gasteiger partial charge in [0.15, 0.2) is 5.13 Å². The first kappa shape index (κ1) is 15.7. The van der Waals surface area contributed by atoms with E-state index in [2.05, 4.69) is 55.3 Å². The van der Waals surface area contributed by atoms with Crippen molar-refractivity contribution in [1.82, 2.24) is 14.3 Å². The molecule has 2 aromatic heterocycles. The molecule has 4 rings (SSSR count). The van der Waals surface area contributed by atoms with Crippen LogP contribution in [0.5, 0.6) is 0 Å². The van der Waals surface area contributed by atoms with Gasteiger partial charge in [0, 0.05) is 28.9 Å². The number of benzene rings is 1. The topological polar surface area (TPSA) is 55.0 Å². The number of hydrogen-bond acceptors (Lipinski definition) is 6. The second kappa shape index (κ2) is 6.63. The van der Waals surface area contributed by atoms with Gasteiger partial charge in [0.2, 0.25) is 0 Å². The molecule has 1 saturated heterocycles. The van der Waals surface area contributed by atoms with E-state index < -0.39 is 0 Å². The molecule has 1 aliphatic heterocycles. The van der Waals surface area contributed by atoms with Crippen molar-refractivity contribution in [2.45, 2.75) is 24.8 Å². The molecule has 3 aromatic rings. The van der Waals surface area contributed by atoms with Gasteiger partial charge in [-0.2, -0.15) is 0 Å². The van der Waals surface area contributed by atoms with Crippen LogP contribution in [-0.4, -0.2) is 27.3 Å². The first-order chi connectivity index (χ1) is 11.8. The van der Waals surface area contributed by atoms with Crippen molar-refractivity contribution in [2.24, 2.45) is 0 Å². The lowest BCUT2D eigenvalue weighted by Gasteiger charge is -2.41. The highest BCUT2D eigenvalue weighted by atomic mass is 32.1. The van der Waals surface area contributed by atoms with Crippen LogP contribution in [0.2, 0.25) is 0 Å². The smallest absolute Gasteiger partial charge is 0.180 e. The third-order valence-corrected chi connectivity index (χ3v) is 6.25. The van der Waals surface area contributed by atoms with Crippen molar-refractivity contribution < 1.29 is 0 Å². The minimum atomic E-state index is -0.0151. The molecule has 3 heterocycles. The Morgan fingerprint density at radius 2 is 1.92 bits per heavy atom. The average molecular weight is 357 g/mol. The third kappa shape index (κ3) is 2.97. The van der Waals surface area contributed by atoms with Gasteiger partial charge in [-0.25, -0.2) is 9.36 Å². The van der Waals surface area contributed by atoms with Crippen LogP contribution in [0.4, 0.5) is 5.13 Å². The fraction of sp³-hybridized carbons (Fsp3) is 0.333. The molecule has 1 fully saturated rings. The Morgan fingerprint density at radius 3 is 2.54 bits per heavy atom. The maximum atomic E-state index is 5.93. The summed E-state index contributed by atoms with van der Waals surface area (Å²) in [7, 11) is 0. The molecule has 0 atom stereocenters. The third-order valence-electron chi connectivity index (χ3n) is 4.94. The Labute approximate surface area is 150 Å². The van der Waals surface area contributed by atoms with E-state index in [9.17, 15) is 0 Å². The first-order valence-corrected chi connectivity index (χ1v) is 9.85. The molecule has 24 heavy (non-hydrogen) atoms. The van der Waals surface area contributed by atoms with Crippen LogP contribution >= 0.6 is 22.9 Å². The molecule has 2 N–H and O–H groups in total. The van der Waals surface area contributed by atoms with E-state index in [1.54, 1.807) is 11.3 Å². The second-order valence-corrected chi connectivity index (χ2v) is 7.87. The summed E-state index contributed by atoms with van der Waals surface area (Å²) in [6.07, 6.45) is 4.11. The maximum absolute atomic E-state index is 5.93. The summed E-state index contributed by atoms with van der Waals surface area (Å²) in [4.78, 5) is 7.17. The van der Waals surface area contributed by atoms with Gasteiger partial charge in [-0.3, -0.25) is 4.90 Å². The number of piperidine rings is 1. The van der Waals surface area contributed by atoms with Crippen molar-refractivity contribution in [3.8, 4) is 0 Å². The van der Waals surface area contributed by atoms with Crippen LogP contribution < -0.4 is 5.73 Å². The summed E-state index contributed by atoms with van der Waals surface area (Å²) in [6, 6.07) is 10.8. The number of aromatic nitrogens is 2. The molecule has 6 heteroatoms. The van der Waals surface area contributed by atoms with Gasteiger partial charge in [0.25, 0.3) is 0 Å². The van der Waals surface area contributed by atoms with Crippen molar-refractivity contribution >= 4 is 28.0 Å². The normalized spacial score (nSPS) is 17.8.